The highest BCUT2D eigenvalue weighted by Crippen LogP contribution is 2.12. The van der Waals surface area contributed by atoms with Gasteiger partial charge in [-0.2, -0.15) is 20.1 Å². The van der Waals surface area contributed by atoms with Crippen molar-refractivity contribution in [2.24, 2.45) is 0 Å². The maximum atomic E-state index is 9.39. The summed E-state index contributed by atoms with van der Waals surface area (Å²) in [6.45, 7) is 5.12. The van der Waals surface area contributed by atoms with Crippen LogP contribution >= 0.6 is 0 Å². The van der Waals surface area contributed by atoms with E-state index < -0.39 is 0 Å². The number of anilines is 2. The van der Waals surface area contributed by atoms with Gasteiger partial charge >= 0.3 is 0 Å². The molecule has 0 saturated heterocycles. The van der Waals surface area contributed by atoms with Crippen molar-refractivity contribution >= 4 is 11.9 Å². The lowest BCUT2D eigenvalue weighted by molar-refractivity contribution is 0.186. The Labute approximate surface area is 123 Å². The fourth-order valence-corrected chi connectivity index (χ4v) is 1.73. The number of aromatic nitrogens is 5. The smallest absolute Gasteiger partial charge is 0.257 e. The van der Waals surface area contributed by atoms with Crippen molar-refractivity contribution in [3.05, 3.63) is 18.5 Å². The van der Waals surface area contributed by atoms with Crippen LogP contribution in [0.1, 0.15) is 20.3 Å². The van der Waals surface area contributed by atoms with Crippen molar-refractivity contribution < 1.29 is 5.11 Å². The monoisotopic (exact) mass is 291 g/mol. The van der Waals surface area contributed by atoms with E-state index in [0.29, 0.717) is 30.8 Å². The third kappa shape index (κ3) is 4.12. The van der Waals surface area contributed by atoms with Crippen molar-refractivity contribution in [1.82, 2.24) is 24.7 Å². The molecule has 1 atom stereocenters. The van der Waals surface area contributed by atoms with Crippen molar-refractivity contribution in [3.63, 3.8) is 0 Å². The van der Waals surface area contributed by atoms with E-state index in [1.165, 1.54) is 0 Å². The third-order valence-electron chi connectivity index (χ3n) is 2.88. The van der Waals surface area contributed by atoms with Gasteiger partial charge in [0.1, 0.15) is 0 Å². The zero-order valence-electron chi connectivity index (χ0n) is 12.6. The minimum Gasteiger partial charge on any atom is -0.393 e. The Kier molecular flexibility index (Phi) is 5.04. The van der Waals surface area contributed by atoms with Gasteiger partial charge in [-0.25, -0.2) is 4.68 Å². The molecule has 0 amide bonds. The van der Waals surface area contributed by atoms with Gasteiger partial charge in [0, 0.05) is 32.5 Å². The number of nitrogens with one attached hydrogen (secondary N) is 1. The van der Waals surface area contributed by atoms with E-state index in [9.17, 15) is 5.11 Å². The molecule has 0 aliphatic heterocycles. The number of nitrogens with zero attached hydrogens (tertiary/aromatic N) is 6. The second-order valence-corrected chi connectivity index (χ2v) is 4.80. The molecule has 0 aromatic carbocycles. The molecule has 1 unspecified atom stereocenters. The first-order chi connectivity index (χ1) is 10.1. The molecular weight excluding hydrogens is 270 g/mol. The Morgan fingerprint density at radius 1 is 1.38 bits per heavy atom. The highest BCUT2D eigenvalue weighted by atomic mass is 16.3. The summed E-state index contributed by atoms with van der Waals surface area (Å²) in [5.41, 5.74) is 0. The van der Waals surface area contributed by atoms with Gasteiger partial charge < -0.3 is 15.3 Å². The molecule has 2 rings (SSSR count). The van der Waals surface area contributed by atoms with Crippen LogP contribution in [0, 0.1) is 0 Å². The summed E-state index contributed by atoms with van der Waals surface area (Å²) in [6, 6.07) is 1.81. The average Bonchev–Trinajstić information content (AvgIpc) is 2.99. The Bertz CT molecular complexity index is 556. The Morgan fingerprint density at radius 2 is 2.19 bits per heavy atom. The fourth-order valence-electron chi connectivity index (χ4n) is 1.73. The highest BCUT2D eigenvalue weighted by molar-refractivity contribution is 5.39. The van der Waals surface area contributed by atoms with E-state index in [1.54, 1.807) is 24.0 Å². The maximum Gasteiger partial charge on any atom is 0.257 e. The van der Waals surface area contributed by atoms with Crippen LogP contribution in [-0.2, 0) is 0 Å². The molecule has 2 aromatic rings. The van der Waals surface area contributed by atoms with E-state index in [2.05, 4.69) is 25.4 Å². The van der Waals surface area contributed by atoms with Gasteiger partial charge in [-0.1, -0.05) is 0 Å². The topological polar surface area (TPSA) is 92.0 Å². The lowest BCUT2D eigenvalue weighted by Gasteiger charge is -2.19. The van der Waals surface area contributed by atoms with Crippen LogP contribution < -0.4 is 10.2 Å². The van der Waals surface area contributed by atoms with Gasteiger partial charge in [0.2, 0.25) is 11.9 Å². The largest absolute Gasteiger partial charge is 0.393 e. The van der Waals surface area contributed by atoms with E-state index in [1.807, 2.05) is 24.9 Å². The number of aliphatic hydroxyl groups excluding tert-OH is 1. The van der Waals surface area contributed by atoms with Crippen molar-refractivity contribution in [1.29, 1.82) is 0 Å². The van der Waals surface area contributed by atoms with Crippen LogP contribution in [0.2, 0.25) is 0 Å². The second-order valence-electron chi connectivity index (χ2n) is 4.80. The molecule has 21 heavy (non-hydrogen) atoms. The molecule has 0 radical (unpaired) electrons. The third-order valence-corrected chi connectivity index (χ3v) is 2.88. The molecule has 2 N–H and O–H groups in total. The highest BCUT2D eigenvalue weighted by Gasteiger charge is 2.12. The Morgan fingerprint density at radius 3 is 2.81 bits per heavy atom. The molecule has 0 fully saturated rings. The standard InChI is InChI=1S/C13H21N7O/c1-4-14-11-16-12(19(3)9-6-10(2)21)18-13(17-11)20-8-5-7-15-20/h5,7-8,10,21H,4,6,9H2,1-3H3,(H,14,16,17,18). The predicted octanol–water partition coefficient (Wildman–Crippen LogP) is 0.696. The number of hydrogen-bond acceptors (Lipinski definition) is 7. The lowest BCUT2D eigenvalue weighted by atomic mass is 10.3. The van der Waals surface area contributed by atoms with Crippen molar-refractivity contribution in [2.75, 3.05) is 30.4 Å². The summed E-state index contributed by atoms with van der Waals surface area (Å²) >= 11 is 0. The van der Waals surface area contributed by atoms with Gasteiger partial charge in [0.15, 0.2) is 0 Å². The van der Waals surface area contributed by atoms with Gasteiger partial charge in [-0.05, 0) is 26.3 Å². The minimum absolute atomic E-state index is 0.354. The second kappa shape index (κ2) is 6.98. The summed E-state index contributed by atoms with van der Waals surface area (Å²) in [4.78, 5) is 15.0. The van der Waals surface area contributed by atoms with E-state index in [4.69, 9.17) is 0 Å². The zero-order chi connectivity index (χ0) is 15.2. The van der Waals surface area contributed by atoms with Crippen molar-refractivity contribution in [3.8, 4) is 5.95 Å². The Balaban J connectivity index is 2.27. The SMILES string of the molecule is CCNc1nc(N(C)CCC(C)O)nc(-n2cccn2)n1. The fraction of sp³-hybridized carbons (Fsp3) is 0.538. The van der Waals surface area contributed by atoms with Crippen LogP contribution in [0.25, 0.3) is 5.95 Å². The van der Waals surface area contributed by atoms with E-state index >= 15 is 0 Å². The summed E-state index contributed by atoms with van der Waals surface area (Å²) in [5.74, 6) is 1.52. The predicted molar refractivity (Wildman–Crippen MR) is 80.7 cm³/mol. The molecule has 0 aliphatic carbocycles. The summed E-state index contributed by atoms with van der Waals surface area (Å²) in [5, 5.41) is 16.6. The van der Waals surface area contributed by atoms with Gasteiger partial charge in [-0.3, -0.25) is 0 Å². The maximum absolute atomic E-state index is 9.39. The number of rotatable bonds is 7. The minimum atomic E-state index is -0.354. The summed E-state index contributed by atoms with van der Waals surface area (Å²) in [6.07, 6.45) is 3.75. The van der Waals surface area contributed by atoms with Crippen LogP contribution in [0.3, 0.4) is 0 Å². The quantitative estimate of drug-likeness (QED) is 0.775. The molecular formula is C13H21N7O. The van der Waals surface area contributed by atoms with Crippen molar-refractivity contribution in [2.45, 2.75) is 26.4 Å². The molecule has 8 heteroatoms. The molecule has 114 valence electrons. The lowest BCUT2D eigenvalue weighted by Crippen LogP contribution is -2.25. The van der Waals surface area contributed by atoms with Gasteiger partial charge in [0.05, 0.1) is 6.10 Å². The average molecular weight is 291 g/mol. The molecule has 0 saturated carbocycles. The molecule has 0 bridgehead atoms. The van der Waals surface area contributed by atoms with E-state index in [-0.39, 0.29) is 6.10 Å². The molecule has 2 heterocycles. The normalized spacial score (nSPS) is 12.2. The van der Waals surface area contributed by atoms with Gasteiger partial charge in [0.25, 0.3) is 5.95 Å². The summed E-state index contributed by atoms with van der Waals surface area (Å²) < 4.78 is 1.59. The number of hydrogen-bond donors (Lipinski definition) is 2. The van der Waals surface area contributed by atoms with Crippen LogP contribution in [0.4, 0.5) is 11.9 Å². The first kappa shape index (κ1) is 15.2. The zero-order valence-corrected chi connectivity index (χ0v) is 12.6. The first-order valence-corrected chi connectivity index (χ1v) is 6.99. The Hall–Kier alpha value is -2.22. The summed E-state index contributed by atoms with van der Waals surface area (Å²) in [7, 11) is 1.89. The molecule has 2 aromatic heterocycles. The number of aliphatic hydroxyl groups is 1. The van der Waals surface area contributed by atoms with E-state index in [0.717, 1.165) is 6.54 Å². The van der Waals surface area contributed by atoms with Gasteiger partial charge in [-0.15, -0.1) is 0 Å². The van der Waals surface area contributed by atoms with Crippen LogP contribution in [-0.4, -0.2) is 56.1 Å². The molecule has 0 aliphatic rings. The van der Waals surface area contributed by atoms with Crippen LogP contribution in [0.5, 0.6) is 0 Å². The van der Waals surface area contributed by atoms with Crippen LogP contribution in [0.15, 0.2) is 18.5 Å². The first-order valence-electron chi connectivity index (χ1n) is 6.99. The molecule has 8 nitrogen and oxygen atoms in total. The molecule has 0 spiro atoms.